The summed E-state index contributed by atoms with van der Waals surface area (Å²) in [6, 6.07) is -0.670. The van der Waals surface area contributed by atoms with Gasteiger partial charge < -0.3 is 20.3 Å². The first-order valence-electron chi connectivity index (χ1n) is 23.9. The first kappa shape index (κ1) is 53.8. The van der Waals surface area contributed by atoms with Gasteiger partial charge >= 0.3 is 5.97 Å². The van der Waals surface area contributed by atoms with Crippen molar-refractivity contribution in [2.45, 2.75) is 244 Å². The number of allylic oxidation sites excluding steroid dienone is 7. The summed E-state index contributed by atoms with van der Waals surface area (Å²) in [6.07, 6.45) is 55.5. The second-order valence-corrected chi connectivity index (χ2v) is 16.1. The highest BCUT2D eigenvalue weighted by Gasteiger charge is 2.17. The van der Waals surface area contributed by atoms with Gasteiger partial charge in [0.1, 0.15) is 0 Å². The van der Waals surface area contributed by atoms with Crippen molar-refractivity contribution >= 4 is 11.9 Å². The monoisotopic (exact) mass is 786 g/mol. The largest absolute Gasteiger partial charge is 0.466 e. The Morgan fingerprint density at radius 3 is 1.41 bits per heavy atom. The summed E-state index contributed by atoms with van der Waals surface area (Å²) in [5.74, 6) is -0.177. The topological polar surface area (TPSA) is 95.9 Å². The fraction of sp³-hybridized carbons (Fsp3) is 0.800. The van der Waals surface area contributed by atoms with Gasteiger partial charge in [0.05, 0.1) is 25.4 Å². The quantitative estimate of drug-likeness (QED) is 0.0325. The van der Waals surface area contributed by atoms with Gasteiger partial charge in [-0.15, -0.1) is 0 Å². The number of unbranched alkanes of at least 4 members (excludes halogenated alkanes) is 26. The van der Waals surface area contributed by atoms with Crippen molar-refractivity contribution in [3.05, 3.63) is 48.6 Å². The summed E-state index contributed by atoms with van der Waals surface area (Å²) < 4.78 is 5.45. The molecule has 56 heavy (non-hydrogen) atoms. The number of amides is 1. The van der Waals surface area contributed by atoms with E-state index in [1.165, 1.54) is 148 Å². The normalized spacial score (nSPS) is 13.1. The number of esters is 1. The van der Waals surface area contributed by atoms with E-state index in [9.17, 15) is 19.8 Å². The average molecular weight is 786 g/mol. The van der Waals surface area contributed by atoms with E-state index in [1.807, 2.05) is 12.2 Å². The number of nitrogens with one attached hydrogen (secondary N) is 1. The predicted octanol–water partition coefficient (Wildman–Crippen LogP) is 13.9. The highest BCUT2D eigenvalue weighted by molar-refractivity contribution is 5.76. The summed E-state index contributed by atoms with van der Waals surface area (Å²) in [5, 5.41) is 22.8. The Kier molecular flexibility index (Phi) is 43.7. The van der Waals surface area contributed by atoms with Gasteiger partial charge in [-0.05, 0) is 77.0 Å². The van der Waals surface area contributed by atoms with Crippen molar-refractivity contribution in [2.24, 2.45) is 0 Å². The van der Waals surface area contributed by atoms with Crippen molar-refractivity contribution in [3.63, 3.8) is 0 Å². The first-order chi connectivity index (χ1) is 27.5. The molecule has 1 amide bonds. The number of hydrogen-bond donors (Lipinski definition) is 3. The molecule has 0 saturated carbocycles. The Balaban J connectivity index is 3.55. The highest BCUT2D eigenvalue weighted by Crippen LogP contribution is 2.13. The average Bonchev–Trinajstić information content (AvgIpc) is 3.20. The van der Waals surface area contributed by atoms with Gasteiger partial charge in [0.2, 0.25) is 5.91 Å². The standard InChI is InChI=1S/C50H91NO5/c1-3-5-7-9-11-13-14-15-16-17-18-21-24-28-32-36-40-44-50(55)56-45-41-37-33-29-25-22-19-20-23-27-31-35-39-43-49(54)51-47(46-52)48(53)42-38-34-30-26-12-10-8-6-4-2/h15-16,20,23,31,35,38,42,47-48,52-53H,3-14,17-19,21-22,24-30,32-34,36-37,39-41,43-46H2,1-2H3,(H,51,54)/b16-15-,23-20-,35-31-,42-38+. The summed E-state index contributed by atoms with van der Waals surface area (Å²) in [5.41, 5.74) is 0. The van der Waals surface area contributed by atoms with E-state index in [4.69, 9.17) is 4.74 Å². The Morgan fingerprint density at radius 2 is 0.911 bits per heavy atom. The minimum Gasteiger partial charge on any atom is -0.466 e. The lowest BCUT2D eigenvalue weighted by Crippen LogP contribution is -2.45. The van der Waals surface area contributed by atoms with E-state index in [-0.39, 0.29) is 18.5 Å². The van der Waals surface area contributed by atoms with Crippen LogP contribution in [0.4, 0.5) is 0 Å². The van der Waals surface area contributed by atoms with Crippen LogP contribution >= 0.6 is 0 Å². The van der Waals surface area contributed by atoms with Crippen LogP contribution in [0, 0.1) is 0 Å². The van der Waals surface area contributed by atoms with Gasteiger partial charge in [-0.3, -0.25) is 9.59 Å². The predicted molar refractivity (Wildman–Crippen MR) is 241 cm³/mol. The fourth-order valence-electron chi connectivity index (χ4n) is 6.85. The van der Waals surface area contributed by atoms with Crippen LogP contribution in [0.3, 0.4) is 0 Å². The Labute approximate surface area is 346 Å². The lowest BCUT2D eigenvalue weighted by molar-refractivity contribution is -0.143. The van der Waals surface area contributed by atoms with Crippen LogP contribution in [0.15, 0.2) is 48.6 Å². The molecule has 0 bridgehead atoms. The zero-order valence-electron chi connectivity index (χ0n) is 36.8. The molecule has 0 aromatic rings. The number of carbonyl (C=O) groups is 2. The van der Waals surface area contributed by atoms with Gasteiger partial charge in [0, 0.05) is 12.8 Å². The molecule has 0 aromatic heterocycles. The van der Waals surface area contributed by atoms with Gasteiger partial charge in [0.25, 0.3) is 0 Å². The molecule has 0 aliphatic rings. The van der Waals surface area contributed by atoms with Crippen molar-refractivity contribution in [1.82, 2.24) is 5.32 Å². The first-order valence-corrected chi connectivity index (χ1v) is 23.9. The van der Waals surface area contributed by atoms with Crippen LogP contribution in [0.5, 0.6) is 0 Å². The maximum absolute atomic E-state index is 12.3. The molecule has 0 rings (SSSR count). The zero-order chi connectivity index (χ0) is 40.8. The molecule has 6 nitrogen and oxygen atoms in total. The lowest BCUT2D eigenvalue weighted by atomic mass is 10.1. The molecule has 0 aromatic carbocycles. The number of hydrogen-bond acceptors (Lipinski definition) is 5. The van der Waals surface area contributed by atoms with Crippen LogP contribution in [0.25, 0.3) is 0 Å². The molecule has 326 valence electrons. The van der Waals surface area contributed by atoms with E-state index in [0.717, 1.165) is 51.4 Å². The Morgan fingerprint density at radius 1 is 0.500 bits per heavy atom. The van der Waals surface area contributed by atoms with Crippen LogP contribution in [-0.4, -0.2) is 47.4 Å². The number of rotatable bonds is 43. The van der Waals surface area contributed by atoms with Crippen LogP contribution in [0.1, 0.15) is 232 Å². The molecule has 0 saturated heterocycles. The molecule has 0 heterocycles. The van der Waals surface area contributed by atoms with Crippen LogP contribution in [-0.2, 0) is 14.3 Å². The summed E-state index contributed by atoms with van der Waals surface area (Å²) in [7, 11) is 0. The zero-order valence-corrected chi connectivity index (χ0v) is 36.8. The second kappa shape index (κ2) is 45.5. The minimum absolute atomic E-state index is 0.0234. The minimum atomic E-state index is -0.877. The van der Waals surface area contributed by atoms with Gasteiger partial charge in [0.15, 0.2) is 0 Å². The van der Waals surface area contributed by atoms with E-state index in [1.54, 1.807) is 6.08 Å². The third-order valence-electron chi connectivity index (χ3n) is 10.6. The maximum atomic E-state index is 12.3. The smallest absolute Gasteiger partial charge is 0.305 e. The third-order valence-corrected chi connectivity index (χ3v) is 10.6. The molecule has 2 unspecified atom stereocenters. The number of aliphatic hydroxyl groups is 2. The third kappa shape index (κ3) is 41.5. The van der Waals surface area contributed by atoms with Gasteiger partial charge in [-0.1, -0.05) is 191 Å². The molecule has 3 N–H and O–H groups in total. The lowest BCUT2D eigenvalue weighted by Gasteiger charge is -2.19. The van der Waals surface area contributed by atoms with Gasteiger partial charge in [-0.2, -0.15) is 0 Å². The number of ether oxygens (including phenoxy) is 1. The number of aliphatic hydroxyl groups excluding tert-OH is 2. The Hall–Kier alpha value is -2.18. The summed E-state index contributed by atoms with van der Waals surface area (Å²) in [4.78, 5) is 24.3. The molecule has 6 heteroatoms. The van der Waals surface area contributed by atoms with Crippen LogP contribution in [0.2, 0.25) is 0 Å². The van der Waals surface area contributed by atoms with E-state index in [2.05, 4.69) is 49.5 Å². The molecular weight excluding hydrogens is 695 g/mol. The number of carbonyl (C=O) groups excluding carboxylic acids is 2. The van der Waals surface area contributed by atoms with E-state index < -0.39 is 12.1 Å². The molecule has 0 aliphatic carbocycles. The molecular formula is C50H91NO5. The van der Waals surface area contributed by atoms with Crippen molar-refractivity contribution in [2.75, 3.05) is 13.2 Å². The molecule has 0 radical (unpaired) electrons. The summed E-state index contributed by atoms with van der Waals surface area (Å²) in [6.45, 7) is 4.78. The summed E-state index contributed by atoms with van der Waals surface area (Å²) >= 11 is 0. The molecule has 2 atom stereocenters. The fourth-order valence-corrected chi connectivity index (χ4v) is 6.85. The maximum Gasteiger partial charge on any atom is 0.305 e. The highest BCUT2D eigenvalue weighted by atomic mass is 16.5. The molecule has 0 spiro atoms. The van der Waals surface area contributed by atoms with E-state index in [0.29, 0.717) is 25.9 Å². The van der Waals surface area contributed by atoms with Gasteiger partial charge in [-0.25, -0.2) is 0 Å². The molecule has 0 aliphatic heterocycles. The van der Waals surface area contributed by atoms with Crippen molar-refractivity contribution < 1.29 is 24.5 Å². The molecule has 0 fully saturated rings. The van der Waals surface area contributed by atoms with Crippen molar-refractivity contribution in [3.8, 4) is 0 Å². The van der Waals surface area contributed by atoms with E-state index >= 15 is 0 Å². The SMILES string of the molecule is CCCCCCCC/C=C\CCCCCCCCCC(=O)OCCCCCCCC/C=C\C/C=C\CCC(=O)NC(CO)C(O)/C=C/CCCCCCCCC. The Bertz CT molecular complexity index is 957. The second-order valence-electron chi connectivity index (χ2n) is 16.1. The van der Waals surface area contributed by atoms with Crippen molar-refractivity contribution in [1.29, 1.82) is 0 Å². The van der Waals surface area contributed by atoms with Crippen LogP contribution < -0.4 is 5.32 Å².